The predicted octanol–water partition coefficient (Wildman–Crippen LogP) is 8.49. The molecule has 0 spiro atoms. The molecular weight excluding hydrogens is 376 g/mol. The highest BCUT2D eigenvalue weighted by Crippen LogP contribution is 2.54. The van der Waals surface area contributed by atoms with Gasteiger partial charge in [0, 0.05) is 10.8 Å². The second-order valence-corrected chi connectivity index (χ2v) is 9.87. The van der Waals surface area contributed by atoms with Crippen LogP contribution in [-0.4, -0.2) is 0 Å². The van der Waals surface area contributed by atoms with Gasteiger partial charge >= 0.3 is 0 Å². The van der Waals surface area contributed by atoms with E-state index in [2.05, 4.69) is 100 Å². The Morgan fingerprint density at radius 1 is 0.516 bits per heavy atom. The van der Waals surface area contributed by atoms with Crippen molar-refractivity contribution in [2.24, 2.45) is 0 Å². The molecule has 0 radical (unpaired) electrons. The zero-order valence-electron chi connectivity index (χ0n) is 18.5. The standard InChI is InChI=1S/C30H26O/c1-29(2)25-11-7-5-9-21(25)22-15-13-20(18-26(22)30(29,3)4)19-14-16-28-24(17-19)23-10-6-8-12-27(23)31-28/h5-18H,1-4H3. The maximum Gasteiger partial charge on any atom is 0.135 e. The van der Waals surface area contributed by atoms with Crippen molar-refractivity contribution < 1.29 is 4.42 Å². The zero-order chi connectivity index (χ0) is 21.4. The van der Waals surface area contributed by atoms with Crippen molar-refractivity contribution in [3.8, 4) is 22.3 Å². The number of fused-ring (bicyclic) bond motifs is 6. The van der Waals surface area contributed by atoms with Crippen LogP contribution in [0.25, 0.3) is 44.2 Å². The Hall–Kier alpha value is -3.32. The molecule has 4 aromatic carbocycles. The minimum absolute atomic E-state index is 0.0130. The lowest BCUT2D eigenvalue weighted by Gasteiger charge is -2.48. The third-order valence-electron chi connectivity index (χ3n) is 7.86. The van der Waals surface area contributed by atoms with Crippen LogP contribution < -0.4 is 0 Å². The quantitative estimate of drug-likeness (QED) is 0.274. The van der Waals surface area contributed by atoms with E-state index >= 15 is 0 Å². The van der Waals surface area contributed by atoms with E-state index < -0.39 is 0 Å². The average molecular weight is 403 g/mol. The molecule has 1 heteroatoms. The smallest absolute Gasteiger partial charge is 0.135 e. The largest absolute Gasteiger partial charge is 0.456 e. The van der Waals surface area contributed by atoms with Gasteiger partial charge in [-0.15, -0.1) is 0 Å². The van der Waals surface area contributed by atoms with Crippen LogP contribution in [0.3, 0.4) is 0 Å². The van der Waals surface area contributed by atoms with Crippen LogP contribution in [0.4, 0.5) is 0 Å². The molecule has 0 amide bonds. The summed E-state index contributed by atoms with van der Waals surface area (Å²) in [6, 6.07) is 30.7. The van der Waals surface area contributed by atoms with Crippen molar-refractivity contribution in [3.63, 3.8) is 0 Å². The van der Waals surface area contributed by atoms with E-state index in [0.717, 1.165) is 11.2 Å². The van der Waals surface area contributed by atoms with Crippen molar-refractivity contribution >= 4 is 21.9 Å². The van der Waals surface area contributed by atoms with E-state index in [1.807, 2.05) is 12.1 Å². The topological polar surface area (TPSA) is 13.1 Å². The Kier molecular flexibility index (Phi) is 3.63. The normalized spacial score (nSPS) is 16.3. The van der Waals surface area contributed by atoms with Crippen LogP contribution in [0.2, 0.25) is 0 Å². The summed E-state index contributed by atoms with van der Waals surface area (Å²) in [5.41, 5.74) is 10.0. The van der Waals surface area contributed by atoms with Gasteiger partial charge in [0.15, 0.2) is 0 Å². The first kappa shape index (κ1) is 18.4. The molecule has 5 aromatic rings. The number of furan rings is 1. The van der Waals surface area contributed by atoms with Crippen molar-refractivity contribution in [3.05, 3.63) is 96.1 Å². The SMILES string of the molecule is CC1(C)c2ccccc2-c2ccc(-c3ccc4oc5ccccc5c4c3)cc2C1(C)C. The molecule has 0 atom stereocenters. The molecule has 1 aliphatic carbocycles. The first-order valence-electron chi connectivity index (χ1n) is 11.0. The Labute approximate surface area is 183 Å². The average Bonchev–Trinajstić information content (AvgIpc) is 3.16. The molecule has 152 valence electrons. The molecule has 0 aliphatic heterocycles. The lowest BCUT2D eigenvalue weighted by atomic mass is 9.55. The summed E-state index contributed by atoms with van der Waals surface area (Å²) in [6.07, 6.45) is 0. The van der Waals surface area contributed by atoms with Gasteiger partial charge in [-0.05, 0) is 68.5 Å². The van der Waals surface area contributed by atoms with Gasteiger partial charge in [0.05, 0.1) is 0 Å². The van der Waals surface area contributed by atoms with Gasteiger partial charge < -0.3 is 4.42 Å². The Morgan fingerprint density at radius 2 is 1.13 bits per heavy atom. The van der Waals surface area contributed by atoms with E-state index in [1.54, 1.807) is 0 Å². The van der Waals surface area contributed by atoms with Gasteiger partial charge in [-0.2, -0.15) is 0 Å². The molecule has 0 bridgehead atoms. The molecule has 0 saturated carbocycles. The van der Waals surface area contributed by atoms with Crippen molar-refractivity contribution in [1.29, 1.82) is 0 Å². The number of rotatable bonds is 1. The molecule has 1 heterocycles. The van der Waals surface area contributed by atoms with Gasteiger partial charge in [0.25, 0.3) is 0 Å². The molecule has 1 nitrogen and oxygen atoms in total. The number of benzene rings is 4. The Balaban J connectivity index is 1.58. The summed E-state index contributed by atoms with van der Waals surface area (Å²) in [7, 11) is 0. The maximum atomic E-state index is 6.03. The highest BCUT2D eigenvalue weighted by atomic mass is 16.3. The van der Waals surface area contributed by atoms with Crippen LogP contribution in [0, 0.1) is 0 Å². The van der Waals surface area contributed by atoms with Gasteiger partial charge in [-0.1, -0.05) is 88.4 Å². The molecular formula is C30H26O. The minimum Gasteiger partial charge on any atom is -0.456 e. The van der Waals surface area contributed by atoms with E-state index in [4.69, 9.17) is 4.42 Å². The van der Waals surface area contributed by atoms with Crippen molar-refractivity contribution in [2.45, 2.75) is 38.5 Å². The predicted molar refractivity (Wildman–Crippen MR) is 131 cm³/mol. The van der Waals surface area contributed by atoms with Gasteiger partial charge in [-0.3, -0.25) is 0 Å². The lowest BCUT2D eigenvalue weighted by molar-refractivity contribution is 0.299. The first-order chi connectivity index (χ1) is 14.9. The summed E-state index contributed by atoms with van der Waals surface area (Å²) < 4.78 is 6.03. The lowest BCUT2D eigenvalue weighted by Crippen LogP contribution is -2.43. The summed E-state index contributed by atoms with van der Waals surface area (Å²) in [4.78, 5) is 0. The minimum atomic E-state index is 0.0130. The summed E-state index contributed by atoms with van der Waals surface area (Å²) in [5, 5.41) is 2.35. The van der Waals surface area contributed by atoms with E-state index in [-0.39, 0.29) is 10.8 Å². The summed E-state index contributed by atoms with van der Waals surface area (Å²) >= 11 is 0. The van der Waals surface area contributed by atoms with Crippen LogP contribution in [0.5, 0.6) is 0 Å². The Bertz CT molecular complexity index is 1480. The van der Waals surface area contributed by atoms with Crippen LogP contribution in [-0.2, 0) is 10.8 Å². The van der Waals surface area contributed by atoms with E-state index in [9.17, 15) is 0 Å². The molecule has 1 aliphatic rings. The fraction of sp³-hybridized carbons (Fsp3) is 0.200. The molecule has 6 rings (SSSR count). The second-order valence-electron chi connectivity index (χ2n) is 9.87. The molecule has 0 unspecified atom stereocenters. The van der Waals surface area contributed by atoms with E-state index in [1.165, 1.54) is 44.2 Å². The first-order valence-corrected chi connectivity index (χ1v) is 11.0. The van der Waals surface area contributed by atoms with Gasteiger partial charge in [0.1, 0.15) is 11.2 Å². The number of hydrogen-bond acceptors (Lipinski definition) is 1. The van der Waals surface area contributed by atoms with Crippen molar-refractivity contribution in [2.75, 3.05) is 0 Å². The van der Waals surface area contributed by atoms with Crippen molar-refractivity contribution in [1.82, 2.24) is 0 Å². The van der Waals surface area contributed by atoms with Crippen LogP contribution in [0.1, 0.15) is 38.8 Å². The van der Waals surface area contributed by atoms with Crippen LogP contribution in [0.15, 0.2) is 89.3 Å². The highest BCUT2D eigenvalue weighted by molar-refractivity contribution is 6.06. The number of hydrogen-bond donors (Lipinski definition) is 0. The fourth-order valence-electron chi connectivity index (χ4n) is 5.32. The highest BCUT2D eigenvalue weighted by Gasteiger charge is 2.45. The summed E-state index contributed by atoms with van der Waals surface area (Å²) in [5.74, 6) is 0. The third kappa shape index (κ3) is 2.44. The van der Waals surface area contributed by atoms with Gasteiger partial charge in [-0.25, -0.2) is 0 Å². The van der Waals surface area contributed by atoms with E-state index in [0.29, 0.717) is 0 Å². The molecule has 0 fully saturated rings. The summed E-state index contributed by atoms with van der Waals surface area (Å²) in [6.45, 7) is 9.53. The molecule has 0 N–H and O–H groups in total. The molecule has 0 saturated heterocycles. The third-order valence-corrected chi connectivity index (χ3v) is 7.86. The molecule has 31 heavy (non-hydrogen) atoms. The van der Waals surface area contributed by atoms with Crippen LogP contribution >= 0.6 is 0 Å². The second kappa shape index (κ2) is 6.11. The fourth-order valence-corrected chi connectivity index (χ4v) is 5.32. The van der Waals surface area contributed by atoms with Gasteiger partial charge in [0.2, 0.25) is 0 Å². The monoisotopic (exact) mass is 402 g/mol. The molecule has 1 aromatic heterocycles. The zero-order valence-corrected chi connectivity index (χ0v) is 18.5. The maximum absolute atomic E-state index is 6.03. The Morgan fingerprint density at radius 3 is 2.00 bits per heavy atom. The number of para-hydroxylation sites is 1.